The summed E-state index contributed by atoms with van der Waals surface area (Å²) in [4.78, 5) is 28.3. The van der Waals surface area contributed by atoms with Crippen LogP contribution in [-0.4, -0.2) is 23.3 Å². The van der Waals surface area contributed by atoms with Crippen LogP contribution in [0.1, 0.15) is 46.5 Å². The molecule has 0 aliphatic heterocycles. The van der Waals surface area contributed by atoms with Gasteiger partial charge in [0.15, 0.2) is 0 Å². The van der Waals surface area contributed by atoms with E-state index in [1.165, 1.54) is 0 Å². The number of hydrogen-bond acceptors (Lipinski definition) is 3. The molecule has 0 atom stereocenters. The van der Waals surface area contributed by atoms with Gasteiger partial charge in [-0.05, 0) is 48.2 Å². The molecule has 0 aliphatic rings. The molecule has 0 saturated heterocycles. The van der Waals surface area contributed by atoms with Gasteiger partial charge in [0.05, 0.1) is 0 Å². The van der Waals surface area contributed by atoms with E-state index >= 15 is 0 Å². The second-order valence-corrected chi connectivity index (χ2v) is 6.06. The minimum atomic E-state index is -0.205. The van der Waals surface area contributed by atoms with Gasteiger partial charge in [0, 0.05) is 36.6 Å². The molecule has 2 amide bonds. The SMILES string of the molecule is CC(C)CCNC(=O)c1cccc(C(=O)NCc2ccncc2)c1. The first-order valence-corrected chi connectivity index (χ1v) is 8.11. The number of carbonyl (C=O) groups excluding carboxylic acids is 2. The van der Waals surface area contributed by atoms with Crippen molar-refractivity contribution < 1.29 is 9.59 Å². The van der Waals surface area contributed by atoms with Crippen LogP contribution in [0.15, 0.2) is 48.8 Å². The molecule has 24 heavy (non-hydrogen) atoms. The van der Waals surface area contributed by atoms with Crippen LogP contribution in [0.5, 0.6) is 0 Å². The number of hydrogen-bond donors (Lipinski definition) is 2. The lowest BCUT2D eigenvalue weighted by Crippen LogP contribution is -2.26. The Morgan fingerprint density at radius 1 is 1.00 bits per heavy atom. The maximum Gasteiger partial charge on any atom is 0.251 e. The first-order valence-electron chi connectivity index (χ1n) is 8.11. The molecule has 0 radical (unpaired) electrons. The average molecular weight is 325 g/mol. The predicted molar refractivity (Wildman–Crippen MR) is 93.6 cm³/mol. The van der Waals surface area contributed by atoms with Crippen molar-refractivity contribution in [3.05, 3.63) is 65.5 Å². The molecule has 2 rings (SSSR count). The fourth-order valence-electron chi connectivity index (χ4n) is 2.16. The van der Waals surface area contributed by atoms with E-state index in [1.807, 2.05) is 12.1 Å². The van der Waals surface area contributed by atoms with Crippen molar-refractivity contribution in [3.63, 3.8) is 0 Å². The van der Waals surface area contributed by atoms with E-state index in [-0.39, 0.29) is 11.8 Å². The lowest BCUT2D eigenvalue weighted by molar-refractivity contribution is 0.0950. The minimum Gasteiger partial charge on any atom is -0.352 e. The third kappa shape index (κ3) is 5.50. The maximum absolute atomic E-state index is 12.2. The maximum atomic E-state index is 12.2. The molecule has 1 aromatic heterocycles. The molecule has 0 aliphatic carbocycles. The topological polar surface area (TPSA) is 71.1 Å². The monoisotopic (exact) mass is 325 g/mol. The number of carbonyl (C=O) groups is 2. The average Bonchev–Trinajstić information content (AvgIpc) is 2.60. The Morgan fingerprint density at radius 2 is 1.62 bits per heavy atom. The molecule has 2 N–H and O–H groups in total. The number of pyridine rings is 1. The molecule has 126 valence electrons. The van der Waals surface area contributed by atoms with E-state index in [2.05, 4.69) is 29.5 Å². The summed E-state index contributed by atoms with van der Waals surface area (Å²) >= 11 is 0. The molecule has 0 fully saturated rings. The number of amides is 2. The van der Waals surface area contributed by atoms with Gasteiger partial charge in [0.2, 0.25) is 0 Å². The first kappa shape index (κ1) is 17.7. The molecule has 0 bridgehead atoms. The summed E-state index contributed by atoms with van der Waals surface area (Å²) in [6.07, 6.45) is 4.30. The zero-order valence-corrected chi connectivity index (χ0v) is 14.1. The highest BCUT2D eigenvalue weighted by molar-refractivity contribution is 5.99. The van der Waals surface area contributed by atoms with Crippen LogP contribution in [0.2, 0.25) is 0 Å². The van der Waals surface area contributed by atoms with Crippen LogP contribution >= 0.6 is 0 Å². The number of rotatable bonds is 7. The zero-order chi connectivity index (χ0) is 17.4. The first-order chi connectivity index (χ1) is 11.6. The largest absolute Gasteiger partial charge is 0.352 e. The summed E-state index contributed by atoms with van der Waals surface area (Å²) in [5.41, 5.74) is 1.94. The van der Waals surface area contributed by atoms with Crippen molar-refractivity contribution in [1.29, 1.82) is 0 Å². The van der Waals surface area contributed by atoms with E-state index < -0.39 is 0 Å². The molecule has 5 heteroatoms. The normalized spacial score (nSPS) is 10.5. The highest BCUT2D eigenvalue weighted by atomic mass is 16.2. The van der Waals surface area contributed by atoms with Crippen molar-refractivity contribution in [2.24, 2.45) is 5.92 Å². The molecular formula is C19H23N3O2. The molecular weight excluding hydrogens is 302 g/mol. The Labute approximate surface area is 142 Å². The molecule has 0 unspecified atom stereocenters. The summed E-state index contributed by atoms with van der Waals surface area (Å²) in [5, 5.41) is 5.72. The van der Waals surface area contributed by atoms with Crippen molar-refractivity contribution in [3.8, 4) is 0 Å². The summed E-state index contributed by atoms with van der Waals surface area (Å²) in [6, 6.07) is 10.4. The third-order valence-electron chi connectivity index (χ3n) is 3.60. The third-order valence-corrected chi connectivity index (χ3v) is 3.60. The van der Waals surface area contributed by atoms with Crippen LogP contribution in [0.3, 0.4) is 0 Å². The molecule has 5 nitrogen and oxygen atoms in total. The van der Waals surface area contributed by atoms with Gasteiger partial charge in [0.1, 0.15) is 0 Å². The Kier molecular flexibility index (Phi) is 6.49. The molecule has 1 heterocycles. The van der Waals surface area contributed by atoms with Crippen LogP contribution in [0.4, 0.5) is 0 Å². The standard InChI is InChI=1S/C19H23N3O2/c1-14(2)6-11-21-18(23)16-4-3-5-17(12-16)19(24)22-13-15-7-9-20-10-8-15/h3-5,7-10,12,14H,6,11,13H2,1-2H3,(H,21,23)(H,22,24). The van der Waals surface area contributed by atoms with E-state index in [9.17, 15) is 9.59 Å². The summed E-state index contributed by atoms with van der Waals surface area (Å²) in [5.74, 6) is 0.179. The Balaban J connectivity index is 1.93. The van der Waals surface area contributed by atoms with Crippen molar-refractivity contribution >= 4 is 11.8 Å². The van der Waals surface area contributed by atoms with Gasteiger partial charge in [-0.1, -0.05) is 19.9 Å². The highest BCUT2D eigenvalue weighted by Gasteiger charge is 2.10. The van der Waals surface area contributed by atoms with Gasteiger partial charge in [-0.15, -0.1) is 0 Å². The number of nitrogens with zero attached hydrogens (tertiary/aromatic N) is 1. The van der Waals surface area contributed by atoms with Gasteiger partial charge < -0.3 is 10.6 Å². The highest BCUT2D eigenvalue weighted by Crippen LogP contribution is 2.07. The van der Waals surface area contributed by atoms with Crippen LogP contribution < -0.4 is 10.6 Å². The summed E-state index contributed by atoms with van der Waals surface area (Å²) in [7, 11) is 0. The number of aromatic nitrogens is 1. The lowest BCUT2D eigenvalue weighted by Gasteiger charge is -2.09. The number of benzene rings is 1. The van der Waals surface area contributed by atoms with Gasteiger partial charge in [-0.25, -0.2) is 0 Å². The van der Waals surface area contributed by atoms with Gasteiger partial charge in [-0.3, -0.25) is 14.6 Å². The van der Waals surface area contributed by atoms with Crippen LogP contribution in [-0.2, 0) is 6.54 Å². The lowest BCUT2D eigenvalue weighted by atomic mass is 10.1. The summed E-state index contributed by atoms with van der Waals surface area (Å²) in [6.45, 7) is 5.28. The predicted octanol–water partition coefficient (Wildman–Crippen LogP) is 2.79. The van der Waals surface area contributed by atoms with Crippen molar-refractivity contribution in [2.75, 3.05) is 6.54 Å². The molecule has 0 spiro atoms. The van der Waals surface area contributed by atoms with Gasteiger partial charge >= 0.3 is 0 Å². The number of nitrogens with one attached hydrogen (secondary N) is 2. The quantitative estimate of drug-likeness (QED) is 0.822. The second kappa shape index (κ2) is 8.82. The fraction of sp³-hybridized carbons (Fsp3) is 0.316. The second-order valence-electron chi connectivity index (χ2n) is 6.06. The Hall–Kier alpha value is -2.69. The molecule has 1 aromatic carbocycles. The molecule has 0 saturated carbocycles. The Bertz CT molecular complexity index is 684. The van der Waals surface area contributed by atoms with Crippen molar-refractivity contribution in [2.45, 2.75) is 26.8 Å². The van der Waals surface area contributed by atoms with Crippen molar-refractivity contribution in [1.82, 2.24) is 15.6 Å². The van der Waals surface area contributed by atoms with E-state index in [0.717, 1.165) is 12.0 Å². The summed E-state index contributed by atoms with van der Waals surface area (Å²) < 4.78 is 0. The molecule has 2 aromatic rings. The smallest absolute Gasteiger partial charge is 0.251 e. The fourth-order valence-corrected chi connectivity index (χ4v) is 2.16. The van der Waals surface area contributed by atoms with Gasteiger partial charge in [-0.2, -0.15) is 0 Å². The zero-order valence-electron chi connectivity index (χ0n) is 14.1. The van der Waals surface area contributed by atoms with E-state index in [4.69, 9.17) is 0 Å². The Morgan fingerprint density at radius 3 is 2.25 bits per heavy atom. The van der Waals surface area contributed by atoms with E-state index in [0.29, 0.717) is 30.1 Å². The van der Waals surface area contributed by atoms with Crippen LogP contribution in [0.25, 0.3) is 0 Å². The van der Waals surface area contributed by atoms with E-state index in [1.54, 1.807) is 36.7 Å². The van der Waals surface area contributed by atoms with Crippen LogP contribution in [0, 0.1) is 5.92 Å². The van der Waals surface area contributed by atoms with Gasteiger partial charge in [0.25, 0.3) is 11.8 Å². The minimum absolute atomic E-state index is 0.153.